The number of hydrogen-bond donors (Lipinski definition) is 2. The van der Waals surface area contributed by atoms with Gasteiger partial charge in [-0.05, 0) is 35.4 Å². The molecule has 2 amide bonds. The number of ether oxygens (including phenoxy) is 2. The van der Waals surface area contributed by atoms with Crippen LogP contribution in [0, 0.1) is 0 Å². The van der Waals surface area contributed by atoms with Gasteiger partial charge >= 0.3 is 0 Å². The van der Waals surface area contributed by atoms with Crippen LogP contribution < -0.4 is 20.2 Å². The molecule has 0 aromatic heterocycles. The van der Waals surface area contributed by atoms with Gasteiger partial charge in [0.15, 0.2) is 0 Å². The number of fused-ring (bicyclic) bond motifs is 1. The van der Waals surface area contributed by atoms with Crippen molar-refractivity contribution in [3.63, 3.8) is 0 Å². The summed E-state index contributed by atoms with van der Waals surface area (Å²) >= 11 is 0. The molecule has 32 heavy (non-hydrogen) atoms. The lowest BCUT2D eigenvalue weighted by molar-refractivity contribution is -0.126. The molecule has 2 N–H and O–H groups in total. The van der Waals surface area contributed by atoms with Gasteiger partial charge in [0.05, 0.1) is 19.9 Å². The molecular weight excluding hydrogens is 406 g/mol. The Labute approximate surface area is 187 Å². The van der Waals surface area contributed by atoms with Crippen LogP contribution in [0.25, 0.3) is 10.8 Å². The number of carbonyl (C=O) groups is 2. The Kier molecular flexibility index (Phi) is 8.20. The van der Waals surface area contributed by atoms with Gasteiger partial charge in [-0.15, -0.1) is 0 Å². The number of methoxy groups -OCH3 is 1. The summed E-state index contributed by atoms with van der Waals surface area (Å²) < 4.78 is 11.0. The topological polar surface area (TPSA) is 89.0 Å². The third-order valence-electron chi connectivity index (χ3n) is 4.74. The van der Waals surface area contributed by atoms with Crippen LogP contribution >= 0.6 is 0 Å². The van der Waals surface area contributed by atoms with E-state index in [2.05, 4.69) is 22.8 Å². The quantitative estimate of drug-likeness (QED) is 0.213. The van der Waals surface area contributed by atoms with Gasteiger partial charge in [-0.1, -0.05) is 49.7 Å². The van der Waals surface area contributed by atoms with Crippen molar-refractivity contribution in [2.45, 2.75) is 26.2 Å². The molecule has 0 unspecified atom stereocenters. The molecule has 7 nitrogen and oxygen atoms in total. The zero-order valence-corrected chi connectivity index (χ0v) is 18.3. The largest absolute Gasteiger partial charge is 0.497 e. The Morgan fingerprint density at radius 2 is 1.88 bits per heavy atom. The summed E-state index contributed by atoms with van der Waals surface area (Å²) in [6.07, 6.45) is 3.18. The van der Waals surface area contributed by atoms with Gasteiger partial charge in [-0.2, -0.15) is 5.10 Å². The van der Waals surface area contributed by atoms with Crippen molar-refractivity contribution >= 4 is 34.5 Å². The highest BCUT2D eigenvalue weighted by Gasteiger charge is 2.11. The first-order valence-corrected chi connectivity index (χ1v) is 10.5. The van der Waals surface area contributed by atoms with E-state index in [1.165, 1.54) is 0 Å². The molecule has 3 aromatic carbocycles. The van der Waals surface area contributed by atoms with Gasteiger partial charge in [0.25, 0.3) is 0 Å². The first kappa shape index (κ1) is 22.8. The molecule has 0 saturated carbocycles. The molecular formula is C25H27N3O4. The van der Waals surface area contributed by atoms with Crippen LogP contribution in [0.4, 0.5) is 5.69 Å². The fraction of sp³-hybridized carbons (Fsp3) is 0.240. The Morgan fingerprint density at radius 1 is 1.03 bits per heavy atom. The van der Waals surface area contributed by atoms with Crippen molar-refractivity contribution in [2.75, 3.05) is 19.0 Å². The Hall–Kier alpha value is -3.87. The standard InChI is InChI=1S/C25H27N3O4/c1-3-4-14-32-23-13-12-18-8-5-6-11-21(18)22(23)17-26-28-25(30)16-24(29)27-19-9-7-10-20(15-19)31-2/h5-13,15,17H,3-4,14,16H2,1-2H3,(H,27,29)(H,28,30). The number of rotatable bonds is 10. The zero-order chi connectivity index (χ0) is 22.8. The van der Waals surface area contributed by atoms with E-state index in [-0.39, 0.29) is 6.42 Å². The molecule has 0 saturated heterocycles. The van der Waals surface area contributed by atoms with Gasteiger partial charge < -0.3 is 14.8 Å². The van der Waals surface area contributed by atoms with Crippen molar-refractivity contribution in [2.24, 2.45) is 5.10 Å². The monoisotopic (exact) mass is 433 g/mol. The van der Waals surface area contributed by atoms with E-state index < -0.39 is 11.8 Å². The molecule has 166 valence electrons. The fourth-order valence-corrected chi connectivity index (χ4v) is 3.12. The molecule has 0 fully saturated rings. The van der Waals surface area contributed by atoms with E-state index in [4.69, 9.17) is 9.47 Å². The normalized spacial score (nSPS) is 10.8. The second kappa shape index (κ2) is 11.5. The minimum Gasteiger partial charge on any atom is -0.497 e. The van der Waals surface area contributed by atoms with Crippen LogP contribution in [0.2, 0.25) is 0 Å². The van der Waals surface area contributed by atoms with Crippen molar-refractivity contribution < 1.29 is 19.1 Å². The third kappa shape index (κ3) is 6.31. The Morgan fingerprint density at radius 3 is 2.69 bits per heavy atom. The predicted octanol–water partition coefficient (Wildman–Crippen LogP) is 4.51. The van der Waals surface area contributed by atoms with Crippen LogP contribution in [0.5, 0.6) is 11.5 Å². The summed E-state index contributed by atoms with van der Waals surface area (Å²) in [7, 11) is 1.54. The number of nitrogens with one attached hydrogen (secondary N) is 2. The van der Waals surface area contributed by atoms with E-state index in [1.54, 1.807) is 37.6 Å². The van der Waals surface area contributed by atoms with Crippen LogP contribution in [0.3, 0.4) is 0 Å². The molecule has 0 aliphatic carbocycles. The summed E-state index contributed by atoms with van der Waals surface area (Å²) in [6, 6.07) is 18.7. The van der Waals surface area contributed by atoms with Crippen LogP contribution in [0.1, 0.15) is 31.7 Å². The van der Waals surface area contributed by atoms with Crippen LogP contribution in [-0.4, -0.2) is 31.7 Å². The highest BCUT2D eigenvalue weighted by atomic mass is 16.5. The van der Waals surface area contributed by atoms with E-state index >= 15 is 0 Å². The summed E-state index contributed by atoms with van der Waals surface area (Å²) in [6.45, 7) is 2.71. The van der Waals surface area contributed by atoms with Gasteiger partial charge in [0.2, 0.25) is 11.8 Å². The second-order valence-electron chi connectivity index (χ2n) is 7.15. The maximum Gasteiger partial charge on any atom is 0.249 e. The molecule has 7 heteroatoms. The maximum absolute atomic E-state index is 12.2. The SMILES string of the molecule is CCCCOc1ccc2ccccc2c1C=NNC(=O)CC(=O)Nc1cccc(OC)c1. The average Bonchev–Trinajstić information content (AvgIpc) is 2.80. The van der Waals surface area contributed by atoms with Crippen molar-refractivity contribution in [1.82, 2.24) is 5.43 Å². The zero-order valence-electron chi connectivity index (χ0n) is 18.3. The molecule has 0 bridgehead atoms. The third-order valence-corrected chi connectivity index (χ3v) is 4.74. The Balaban J connectivity index is 1.64. The lowest BCUT2D eigenvalue weighted by Crippen LogP contribution is -2.24. The molecule has 3 aromatic rings. The van der Waals surface area contributed by atoms with Gasteiger partial charge in [-0.25, -0.2) is 5.43 Å². The lowest BCUT2D eigenvalue weighted by atomic mass is 10.0. The highest BCUT2D eigenvalue weighted by Crippen LogP contribution is 2.27. The predicted molar refractivity (Wildman–Crippen MR) is 126 cm³/mol. The van der Waals surface area contributed by atoms with E-state index in [9.17, 15) is 9.59 Å². The molecule has 3 rings (SSSR count). The molecule has 0 atom stereocenters. The van der Waals surface area contributed by atoms with Crippen LogP contribution in [-0.2, 0) is 9.59 Å². The number of amides is 2. The van der Waals surface area contributed by atoms with E-state index in [0.29, 0.717) is 23.8 Å². The van der Waals surface area contributed by atoms with E-state index in [0.717, 1.165) is 29.2 Å². The number of nitrogens with zero attached hydrogens (tertiary/aromatic N) is 1. The summed E-state index contributed by atoms with van der Waals surface area (Å²) in [4.78, 5) is 24.3. The van der Waals surface area contributed by atoms with Gasteiger partial charge in [0.1, 0.15) is 17.9 Å². The number of carbonyl (C=O) groups excluding carboxylic acids is 2. The summed E-state index contributed by atoms with van der Waals surface area (Å²) in [5, 5.41) is 8.74. The number of unbranched alkanes of at least 4 members (excludes halogenated alkanes) is 1. The van der Waals surface area contributed by atoms with Crippen molar-refractivity contribution in [3.8, 4) is 11.5 Å². The van der Waals surface area contributed by atoms with Crippen molar-refractivity contribution in [1.29, 1.82) is 0 Å². The smallest absolute Gasteiger partial charge is 0.249 e. The highest BCUT2D eigenvalue weighted by molar-refractivity contribution is 6.05. The summed E-state index contributed by atoms with van der Waals surface area (Å²) in [5.74, 6) is 0.352. The minimum atomic E-state index is -0.518. The van der Waals surface area contributed by atoms with Gasteiger partial charge in [0, 0.05) is 17.3 Å². The summed E-state index contributed by atoms with van der Waals surface area (Å²) in [5.41, 5.74) is 3.75. The molecule has 0 heterocycles. The maximum atomic E-state index is 12.2. The fourth-order valence-electron chi connectivity index (χ4n) is 3.12. The average molecular weight is 434 g/mol. The van der Waals surface area contributed by atoms with E-state index in [1.807, 2.05) is 36.4 Å². The lowest BCUT2D eigenvalue weighted by Gasteiger charge is -2.11. The number of hydrazone groups is 1. The molecule has 0 aliphatic rings. The van der Waals surface area contributed by atoms with Crippen molar-refractivity contribution in [3.05, 3.63) is 66.2 Å². The van der Waals surface area contributed by atoms with Gasteiger partial charge in [-0.3, -0.25) is 9.59 Å². The molecule has 0 spiro atoms. The van der Waals surface area contributed by atoms with Crippen LogP contribution in [0.15, 0.2) is 65.8 Å². The molecule has 0 radical (unpaired) electrons. The second-order valence-corrected chi connectivity index (χ2v) is 7.15. The number of anilines is 1. The minimum absolute atomic E-state index is 0.357. The molecule has 0 aliphatic heterocycles. The first-order valence-electron chi connectivity index (χ1n) is 10.5. The first-order chi connectivity index (χ1) is 15.6. The number of benzene rings is 3. The number of hydrogen-bond acceptors (Lipinski definition) is 5. The Bertz CT molecular complexity index is 1110.